The van der Waals surface area contributed by atoms with E-state index in [1.54, 1.807) is 4.68 Å². The number of hydrogen-bond donors (Lipinski definition) is 1. The molecule has 1 N–H and O–H groups in total. The van der Waals surface area contributed by atoms with Gasteiger partial charge in [0.2, 0.25) is 5.91 Å². The number of carbonyl (C=O) groups excluding carboxylic acids is 1. The zero-order valence-electron chi connectivity index (χ0n) is 12.4. The van der Waals surface area contributed by atoms with Crippen LogP contribution < -0.4 is 5.32 Å². The number of nitrogens with zero attached hydrogens (tertiary/aromatic N) is 3. The number of piperazine rings is 1. The van der Waals surface area contributed by atoms with Gasteiger partial charge in [-0.05, 0) is 33.8 Å². The molecule has 1 fully saturated rings. The van der Waals surface area contributed by atoms with Crippen molar-refractivity contribution in [1.29, 1.82) is 0 Å². The fourth-order valence-corrected chi connectivity index (χ4v) is 2.42. The van der Waals surface area contributed by atoms with E-state index in [9.17, 15) is 4.79 Å². The van der Waals surface area contributed by atoms with Crippen molar-refractivity contribution < 1.29 is 4.79 Å². The van der Waals surface area contributed by atoms with E-state index in [1.807, 2.05) is 24.8 Å². The number of aromatic nitrogens is 2. The number of nitrogens with one attached hydrogen (secondary N) is 1. The summed E-state index contributed by atoms with van der Waals surface area (Å²) in [5, 5.41) is 7.72. The lowest BCUT2D eigenvalue weighted by Gasteiger charge is -2.37. The van der Waals surface area contributed by atoms with Gasteiger partial charge in [-0.2, -0.15) is 5.10 Å². The van der Waals surface area contributed by atoms with Crippen molar-refractivity contribution in [1.82, 2.24) is 20.0 Å². The minimum absolute atomic E-state index is 0. The molecular formula is C13H24Cl2N4O. The number of aryl methyl sites for hydroxylation is 2. The first kappa shape index (κ1) is 19.2. The van der Waals surface area contributed by atoms with Gasteiger partial charge >= 0.3 is 0 Å². The minimum Gasteiger partial charge on any atom is -0.336 e. The molecule has 1 aliphatic heterocycles. The molecule has 116 valence electrons. The van der Waals surface area contributed by atoms with Crippen molar-refractivity contribution in [3.63, 3.8) is 0 Å². The second-order valence-corrected chi connectivity index (χ2v) is 5.29. The maximum atomic E-state index is 12.3. The van der Waals surface area contributed by atoms with Gasteiger partial charge in [0.05, 0.1) is 5.69 Å². The molecule has 2 unspecified atom stereocenters. The molecule has 5 nitrogen and oxygen atoms in total. The van der Waals surface area contributed by atoms with Crippen LogP contribution in [0.15, 0.2) is 6.07 Å². The molecule has 20 heavy (non-hydrogen) atoms. The number of halogens is 2. The number of carbonyl (C=O) groups is 1. The van der Waals surface area contributed by atoms with Gasteiger partial charge in [-0.1, -0.05) is 0 Å². The molecule has 0 radical (unpaired) electrons. The summed E-state index contributed by atoms with van der Waals surface area (Å²) in [6, 6.07) is 2.62. The zero-order chi connectivity index (χ0) is 13.3. The standard InChI is InChI=1S/C13H22N4O.2ClH/c1-9-5-11(3)17(15-9)8-13(18)16-7-10(2)14-6-12(16)4;;/h5,10,12,14H,6-8H2,1-4H3;2*1H. The average molecular weight is 323 g/mol. The minimum atomic E-state index is 0. The van der Waals surface area contributed by atoms with Crippen LogP contribution in [-0.4, -0.2) is 45.8 Å². The van der Waals surface area contributed by atoms with Gasteiger partial charge in [-0.15, -0.1) is 24.8 Å². The monoisotopic (exact) mass is 322 g/mol. The summed E-state index contributed by atoms with van der Waals surface area (Å²) in [5.74, 6) is 0.155. The third kappa shape index (κ3) is 4.36. The summed E-state index contributed by atoms with van der Waals surface area (Å²) < 4.78 is 1.79. The molecule has 0 spiro atoms. The van der Waals surface area contributed by atoms with Crippen LogP contribution in [0.4, 0.5) is 0 Å². The molecule has 0 aliphatic carbocycles. The summed E-state index contributed by atoms with van der Waals surface area (Å²) in [6.45, 7) is 10.1. The molecule has 0 saturated carbocycles. The Balaban J connectivity index is 0.00000180. The lowest BCUT2D eigenvalue weighted by molar-refractivity contribution is -0.135. The zero-order valence-corrected chi connectivity index (χ0v) is 14.1. The maximum Gasteiger partial charge on any atom is 0.244 e. The Morgan fingerprint density at radius 3 is 2.60 bits per heavy atom. The van der Waals surface area contributed by atoms with Crippen molar-refractivity contribution in [2.45, 2.75) is 46.3 Å². The smallest absolute Gasteiger partial charge is 0.244 e. The summed E-state index contributed by atoms with van der Waals surface area (Å²) in [7, 11) is 0. The highest BCUT2D eigenvalue weighted by molar-refractivity contribution is 5.85. The van der Waals surface area contributed by atoms with E-state index in [4.69, 9.17) is 0 Å². The molecule has 0 aromatic carbocycles. The fourth-order valence-electron chi connectivity index (χ4n) is 2.42. The number of amides is 1. The summed E-state index contributed by atoms with van der Waals surface area (Å²) in [4.78, 5) is 14.3. The topological polar surface area (TPSA) is 50.2 Å². The van der Waals surface area contributed by atoms with Crippen molar-refractivity contribution in [2.75, 3.05) is 13.1 Å². The van der Waals surface area contributed by atoms with Gasteiger partial charge in [0.1, 0.15) is 6.54 Å². The third-order valence-electron chi connectivity index (χ3n) is 3.47. The first-order chi connectivity index (χ1) is 8.47. The summed E-state index contributed by atoms with van der Waals surface area (Å²) in [5.41, 5.74) is 2.00. The highest BCUT2D eigenvalue weighted by Gasteiger charge is 2.26. The normalized spacial score (nSPS) is 21.9. The quantitative estimate of drug-likeness (QED) is 0.898. The first-order valence-corrected chi connectivity index (χ1v) is 6.51. The van der Waals surface area contributed by atoms with Crippen molar-refractivity contribution in [3.8, 4) is 0 Å². The Morgan fingerprint density at radius 1 is 1.40 bits per heavy atom. The maximum absolute atomic E-state index is 12.3. The Labute approximate surface area is 132 Å². The van der Waals surface area contributed by atoms with E-state index in [-0.39, 0.29) is 36.8 Å². The van der Waals surface area contributed by atoms with E-state index >= 15 is 0 Å². The van der Waals surface area contributed by atoms with Crippen LogP contribution in [-0.2, 0) is 11.3 Å². The van der Waals surface area contributed by atoms with E-state index in [0.717, 1.165) is 24.5 Å². The van der Waals surface area contributed by atoms with Crippen molar-refractivity contribution in [3.05, 3.63) is 17.5 Å². The van der Waals surface area contributed by atoms with Gasteiger partial charge in [0.25, 0.3) is 0 Å². The Bertz CT molecular complexity index is 450. The van der Waals surface area contributed by atoms with Crippen LogP contribution >= 0.6 is 24.8 Å². The lowest BCUT2D eigenvalue weighted by Crippen LogP contribution is -2.56. The SMILES string of the molecule is Cc1cc(C)n(CC(=O)N2CC(C)NCC2C)n1.Cl.Cl. The van der Waals surface area contributed by atoms with Crippen molar-refractivity contribution in [2.24, 2.45) is 0 Å². The Morgan fingerprint density at radius 2 is 2.05 bits per heavy atom. The number of rotatable bonds is 2. The second-order valence-electron chi connectivity index (χ2n) is 5.29. The van der Waals surface area contributed by atoms with Gasteiger partial charge in [-0.25, -0.2) is 0 Å². The molecule has 1 aliphatic rings. The molecule has 2 heterocycles. The van der Waals surface area contributed by atoms with Crippen LogP contribution in [0.2, 0.25) is 0 Å². The third-order valence-corrected chi connectivity index (χ3v) is 3.47. The van der Waals surface area contributed by atoms with E-state index in [0.29, 0.717) is 12.6 Å². The number of hydrogen-bond acceptors (Lipinski definition) is 3. The molecule has 1 amide bonds. The van der Waals surface area contributed by atoms with Gasteiger partial charge in [0.15, 0.2) is 0 Å². The highest BCUT2D eigenvalue weighted by Crippen LogP contribution is 2.09. The predicted octanol–water partition coefficient (Wildman–Crippen LogP) is 1.55. The molecular weight excluding hydrogens is 299 g/mol. The molecule has 1 aromatic rings. The average Bonchev–Trinajstić information content (AvgIpc) is 2.61. The summed E-state index contributed by atoms with van der Waals surface area (Å²) in [6.07, 6.45) is 0. The molecule has 2 rings (SSSR count). The Kier molecular flexibility index (Phi) is 7.55. The van der Waals surface area contributed by atoms with Crippen LogP contribution in [0.5, 0.6) is 0 Å². The predicted molar refractivity (Wildman–Crippen MR) is 84.8 cm³/mol. The fraction of sp³-hybridized carbons (Fsp3) is 0.692. The molecule has 1 saturated heterocycles. The van der Waals surface area contributed by atoms with Crippen molar-refractivity contribution >= 4 is 30.7 Å². The van der Waals surface area contributed by atoms with Crippen LogP contribution in [0.25, 0.3) is 0 Å². The van der Waals surface area contributed by atoms with E-state index in [1.165, 1.54) is 0 Å². The Hall–Kier alpha value is -0.780. The second kappa shape index (κ2) is 7.86. The molecule has 1 aromatic heterocycles. The van der Waals surface area contributed by atoms with Gasteiger partial charge < -0.3 is 10.2 Å². The van der Waals surface area contributed by atoms with Crippen LogP contribution in [0.3, 0.4) is 0 Å². The molecule has 2 atom stereocenters. The molecule has 0 bridgehead atoms. The van der Waals surface area contributed by atoms with Gasteiger partial charge in [0, 0.05) is 30.9 Å². The van der Waals surface area contributed by atoms with E-state index in [2.05, 4.69) is 24.3 Å². The van der Waals surface area contributed by atoms with Gasteiger partial charge in [-0.3, -0.25) is 9.48 Å². The van der Waals surface area contributed by atoms with E-state index < -0.39 is 0 Å². The van der Waals surface area contributed by atoms with Crippen LogP contribution in [0.1, 0.15) is 25.2 Å². The largest absolute Gasteiger partial charge is 0.336 e. The van der Waals surface area contributed by atoms with Crippen LogP contribution in [0, 0.1) is 13.8 Å². The lowest BCUT2D eigenvalue weighted by atomic mass is 10.1. The summed E-state index contributed by atoms with van der Waals surface area (Å²) >= 11 is 0. The molecule has 7 heteroatoms. The first-order valence-electron chi connectivity index (χ1n) is 6.51. The highest BCUT2D eigenvalue weighted by atomic mass is 35.5.